The number of aryl methyl sites for hydroxylation is 8. The Labute approximate surface area is 636 Å². The molecule has 17 heteroatoms. The third-order valence-corrected chi connectivity index (χ3v) is 18.5. The Morgan fingerprint density at radius 3 is 0.906 bits per heavy atom. The lowest BCUT2D eigenvalue weighted by Gasteiger charge is -2.28. The Bertz CT molecular complexity index is 4500. The van der Waals surface area contributed by atoms with Gasteiger partial charge in [0, 0.05) is 62.0 Å². The fraction of sp³-hybridized carbons (Fsp3) is 0.371. The highest BCUT2D eigenvalue weighted by atomic mass is 79.9. The molecule has 0 radical (unpaired) electrons. The average molecular weight is 1500 g/mol. The minimum Gasteiger partial charge on any atom is -0.508 e. The number of carbonyl (C=O) groups is 2. The highest BCUT2D eigenvalue weighted by Crippen LogP contribution is 2.43. The number of benzene rings is 8. The smallest absolute Gasteiger partial charge is 0.338 e. The van der Waals surface area contributed by atoms with Crippen LogP contribution >= 0.6 is 15.9 Å². The van der Waals surface area contributed by atoms with Crippen LogP contribution < -0.4 is 4.74 Å². The molecule has 0 unspecified atom stereocenters. The Balaban J connectivity index is 0.000000245. The summed E-state index contributed by atoms with van der Waals surface area (Å²) in [6.45, 7) is 41.6. The SMILES string of the molecule is C.CC(C)(C)c1cc(C(=O)OCCCCBr)cc(C(C)(C)C)c1O.Cc1ccc(-c2nc(-c3ccc(C)cc3C)nc(-c3ccc(O)cc3O)n2)c(C)c1.Cc1ccc(-c2nc(-c3ccc(C)cc3C)nc(-c3ccc(OCCCCOC(=O)c4cc(C(C)(C)C)c(O)c(C(C)(C)C)c4)cc3O)n2)c(C)c1. The lowest BCUT2D eigenvalue weighted by molar-refractivity contribution is 0.0487. The van der Waals surface area contributed by atoms with Gasteiger partial charge in [0.05, 0.1) is 42.1 Å². The van der Waals surface area contributed by atoms with E-state index in [9.17, 15) is 35.1 Å². The quantitative estimate of drug-likeness (QED) is 0.0305. The maximum Gasteiger partial charge on any atom is 0.338 e. The zero-order valence-electron chi connectivity index (χ0n) is 64.7. The number of nitrogens with zero attached hydrogens (tertiary/aromatic N) is 6. The molecule has 0 aliphatic heterocycles. The maximum absolute atomic E-state index is 13.0. The minimum atomic E-state index is -0.419. The summed E-state index contributed by atoms with van der Waals surface area (Å²) in [6.07, 6.45) is 3.05. The topological polar surface area (TPSA) is 240 Å². The van der Waals surface area contributed by atoms with Gasteiger partial charge >= 0.3 is 11.9 Å². The molecule has 16 nitrogen and oxygen atoms in total. The number of ether oxygens (including phenoxy) is 3. The number of hydrogen-bond acceptors (Lipinski definition) is 16. The Hall–Kier alpha value is -10.0. The predicted molar refractivity (Wildman–Crippen MR) is 431 cm³/mol. The lowest BCUT2D eigenvalue weighted by atomic mass is 9.78. The van der Waals surface area contributed by atoms with Crippen LogP contribution in [0.1, 0.15) is 204 Å². The fourth-order valence-electron chi connectivity index (χ4n) is 12.1. The molecule has 0 amide bonds. The van der Waals surface area contributed by atoms with Gasteiger partial charge in [-0.3, -0.25) is 0 Å². The molecule has 10 aromatic rings. The zero-order chi connectivity index (χ0) is 77.2. The van der Waals surface area contributed by atoms with Crippen LogP contribution in [-0.2, 0) is 31.1 Å². The first-order valence-corrected chi connectivity index (χ1v) is 36.8. The first kappa shape index (κ1) is 83.3. The van der Waals surface area contributed by atoms with E-state index < -0.39 is 5.97 Å². The molecule has 0 aliphatic rings. The van der Waals surface area contributed by atoms with Crippen LogP contribution in [0.4, 0.5) is 0 Å². The van der Waals surface area contributed by atoms with Crippen LogP contribution in [0.15, 0.2) is 133 Å². The van der Waals surface area contributed by atoms with Crippen molar-refractivity contribution in [2.75, 3.05) is 25.2 Å². The fourth-order valence-corrected chi connectivity index (χ4v) is 12.5. The number of aromatic hydroxyl groups is 5. The second-order valence-corrected chi connectivity index (χ2v) is 32.1. The van der Waals surface area contributed by atoms with Crippen molar-refractivity contribution in [1.29, 1.82) is 0 Å². The summed E-state index contributed by atoms with van der Waals surface area (Å²) < 4.78 is 16.9. The Kier molecular flexibility index (Phi) is 27.4. The van der Waals surface area contributed by atoms with Crippen LogP contribution in [0.5, 0.6) is 34.5 Å². The standard InChI is InChI=1S/C44H51N3O5.C25H23N3O2.C19H29BrO3.CH4/c1-26-13-16-32(28(3)21-26)39-45-40(33-17-14-27(2)22-29(33)4)47-41(46-39)34-18-15-31(25-37(34)48)51-19-11-12-20-52-42(50)30-23-35(43(5,6)7)38(49)36(24-30)44(8,9)10;1-14-5-8-19(16(3)11-14)23-26-24(20-9-6-15(2)12-17(20)4)28-25(27-23)21-10-7-18(29)13-22(21)30;1-18(2,3)14-11-13(17(22)23-10-8-7-9-20)12-15(16(14)21)19(4,5)6;/h13-18,21-25,48-49H,11-12,19-20H2,1-10H3;5-13,29-30H,1-4H3;11-12,21H,7-10H2,1-6H3;1H4. The molecule has 106 heavy (non-hydrogen) atoms. The number of carbonyl (C=O) groups excluding carboxylic acids is 2. The molecule has 0 aliphatic carbocycles. The summed E-state index contributed by atoms with van der Waals surface area (Å²) in [5.74, 6) is 3.03. The van der Waals surface area contributed by atoms with Crippen LogP contribution in [0.3, 0.4) is 0 Å². The number of alkyl halides is 1. The van der Waals surface area contributed by atoms with Gasteiger partial charge in [0.2, 0.25) is 0 Å². The predicted octanol–water partition coefficient (Wildman–Crippen LogP) is 21.6. The Morgan fingerprint density at radius 2 is 0.623 bits per heavy atom. The molecule has 8 aromatic carbocycles. The van der Waals surface area contributed by atoms with Gasteiger partial charge in [0.15, 0.2) is 34.9 Å². The molecule has 2 aromatic heterocycles. The molecule has 0 atom stereocenters. The summed E-state index contributed by atoms with van der Waals surface area (Å²) in [7, 11) is 0. The van der Waals surface area contributed by atoms with E-state index in [0.29, 0.717) is 100 Å². The van der Waals surface area contributed by atoms with Gasteiger partial charge in [0.25, 0.3) is 0 Å². The summed E-state index contributed by atoms with van der Waals surface area (Å²) >= 11 is 3.36. The van der Waals surface area contributed by atoms with Crippen molar-refractivity contribution < 1.29 is 49.3 Å². The van der Waals surface area contributed by atoms with Crippen molar-refractivity contribution in [2.45, 2.75) is 193 Å². The number of hydrogen-bond donors (Lipinski definition) is 5. The second-order valence-electron chi connectivity index (χ2n) is 31.3. The molecule has 0 bridgehead atoms. The first-order valence-electron chi connectivity index (χ1n) is 35.7. The molecular formula is C89H107BrN6O10. The van der Waals surface area contributed by atoms with Crippen molar-refractivity contribution in [1.82, 2.24) is 29.9 Å². The molecule has 5 N–H and O–H groups in total. The number of rotatable bonds is 18. The monoisotopic (exact) mass is 1500 g/mol. The van der Waals surface area contributed by atoms with E-state index in [4.69, 9.17) is 34.1 Å². The van der Waals surface area contributed by atoms with E-state index in [2.05, 4.69) is 64.0 Å². The van der Waals surface area contributed by atoms with Crippen molar-refractivity contribution in [3.63, 3.8) is 0 Å². The lowest BCUT2D eigenvalue weighted by Crippen LogP contribution is -2.19. The van der Waals surface area contributed by atoms with Crippen molar-refractivity contribution >= 4 is 27.9 Å². The zero-order valence-corrected chi connectivity index (χ0v) is 66.3. The molecule has 2 heterocycles. The summed E-state index contributed by atoms with van der Waals surface area (Å²) in [5, 5.41) is 53.8. The van der Waals surface area contributed by atoms with E-state index in [-0.39, 0.29) is 70.4 Å². The van der Waals surface area contributed by atoms with E-state index >= 15 is 0 Å². The van der Waals surface area contributed by atoms with Gasteiger partial charge in [-0.25, -0.2) is 39.5 Å². The molecular weight excluding hydrogens is 1390 g/mol. The molecule has 10 rings (SSSR count). The number of phenols is 5. The largest absolute Gasteiger partial charge is 0.508 e. The summed E-state index contributed by atoms with van der Waals surface area (Å²) in [4.78, 5) is 54.0. The first-order chi connectivity index (χ1) is 49.2. The van der Waals surface area contributed by atoms with Gasteiger partial charge in [-0.1, -0.05) is 201 Å². The van der Waals surface area contributed by atoms with E-state index in [0.717, 1.165) is 96.1 Å². The maximum atomic E-state index is 13.0. The number of phenolic OH excluding ortho intramolecular Hbond substituents is 5. The number of esters is 2. The van der Waals surface area contributed by atoms with E-state index in [1.54, 1.807) is 48.5 Å². The number of aromatic nitrogens is 6. The van der Waals surface area contributed by atoms with Crippen LogP contribution in [0.2, 0.25) is 0 Å². The number of halogens is 1. The van der Waals surface area contributed by atoms with Gasteiger partial charge in [-0.15, -0.1) is 0 Å². The third-order valence-electron chi connectivity index (χ3n) is 17.9. The normalized spacial score (nSPS) is 11.6. The van der Waals surface area contributed by atoms with Crippen molar-refractivity contribution in [3.8, 4) is 103 Å². The number of unbranched alkanes of at least 4 members (excludes halogenated alkanes) is 2. The molecule has 560 valence electrons. The molecule has 0 fully saturated rings. The minimum absolute atomic E-state index is 0. The van der Waals surface area contributed by atoms with E-state index in [1.807, 2.05) is 173 Å². The second kappa shape index (κ2) is 34.9. The van der Waals surface area contributed by atoms with Gasteiger partial charge < -0.3 is 39.7 Å². The summed E-state index contributed by atoms with van der Waals surface area (Å²) in [6, 6.07) is 41.1. The average Bonchev–Trinajstić information content (AvgIpc) is 0.792. The van der Waals surface area contributed by atoms with Crippen molar-refractivity contribution in [2.24, 2.45) is 0 Å². The molecule has 0 spiro atoms. The van der Waals surface area contributed by atoms with Gasteiger partial charge in [-0.2, -0.15) is 0 Å². The Morgan fingerprint density at radius 1 is 0.349 bits per heavy atom. The van der Waals surface area contributed by atoms with Gasteiger partial charge in [-0.05, 0) is 174 Å². The van der Waals surface area contributed by atoms with Crippen LogP contribution in [0, 0.1) is 55.4 Å². The molecule has 0 saturated carbocycles. The van der Waals surface area contributed by atoms with Gasteiger partial charge in [0.1, 0.15) is 34.5 Å². The third kappa shape index (κ3) is 21.4. The summed E-state index contributed by atoms with van der Waals surface area (Å²) in [5.41, 5.74) is 16.1. The van der Waals surface area contributed by atoms with Crippen LogP contribution in [0.25, 0.3) is 68.3 Å². The molecule has 0 saturated heterocycles. The van der Waals surface area contributed by atoms with Crippen molar-refractivity contribution in [3.05, 3.63) is 211 Å². The highest BCUT2D eigenvalue weighted by molar-refractivity contribution is 9.09. The highest BCUT2D eigenvalue weighted by Gasteiger charge is 2.31. The van der Waals surface area contributed by atoms with Crippen LogP contribution in [-0.4, -0.2) is 92.5 Å². The van der Waals surface area contributed by atoms with E-state index in [1.165, 1.54) is 12.1 Å².